The minimum Gasteiger partial charge on any atom is -0.461 e. The van der Waals surface area contributed by atoms with Crippen LogP contribution in [0.4, 0.5) is 24.0 Å². The molecule has 0 unspecified atom stereocenters. The average Bonchev–Trinajstić information content (AvgIpc) is 3.79. The van der Waals surface area contributed by atoms with E-state index in [2.05, 4.69) is 25.3 Å². The van der Waals surface area contributed by atoms with Crippen molar-refractivity contribution in [1.29, 1.82) is 5.26 Å². The molecule has 0 bridgehead atoms. The Morgan fingerprint density at radius 3 is 2.91 bits per heavy atom. The summed E-state index contributed by atoms with van der Waals surface area (Å²) >= 11 is 7.61. The number of carbonyl (C=O) groups excluding carboxylic acids is 1. The summed E-state index contributed by atoms with van der Waals surface area (Å²) in [5.74, 6) is -1.55. The predicted molar refractivity (Wildman–Crippen MR) is 174 cm³/mol. The normalized spacial score (nSPS) is 19.4. The van der Waals surface area contributed by atoms with Crippen molar-refractivity contribution in [3.05, 3.63) is 58.4 Å². The van der Waals surface area contributed by atoms with E-state index in [0.717, 1.165) is 30.7 Å². The lowest BCUT2D eigenvalue weighted by atomic mass is 9.95. The smallest absolute Gasteiger partial charge is 0.319 e. The van der Waals surface area contributed by atoms with E-state index < -0.39 is 23.3 Å². The van der Waals surface area contributed by atoms with Gasteiger partial charge in [-0.1, -0.05) is 17.7 Å². The van der Waals surface area contributed by atoms with Gasteiger partial charge in [0.1, 0.15) is 41.0 Å². The molecule has 5 aromatic rings. The highest BCUT2D eigenvalue weighted by Gasteiger charge is 2.49. The zero-order valence-corrected chi connectivity index (χ0v) is 26.7. The molecule has 2 atom stereocenters. The van der Waals surface area contributed by atoms with Crippen LogP contribution >= 0.6 is 22.9 Å². The van der Waals surface area contributed by atoms with Gasteiger partial charge in [-0.2, -0.15) is 20.3 Å². The lowest BCUT2D eigenvalue weighted by molar-refractivity contribution is 0.0891. The van der Waals surface area contributed by atoms with Gasteiger partial charge in [0.25, 0.3) is 0 Å². The van der Waals surface area contributed by atoms with Crippen molar-refractivity contribution >= 4 is 60.7 Å². The number of benzene rings is 2. The third-order valence-electron chi connectivity index (χ3n) is 8.90. The van der Waals surface area contributed by atoms with Crippen LogP contribution in [0.2, 0.25) is 5.02 Å². The molecule has 3 N–H and O–H groups in total. The Morgan fingerprint density at radius 2 is 2.15 bits per heavy atom. The lowest BCUT2D eigenvalue weighted by Crippen LogP contribution is -2.43. The fourth-order valence-electron chi connectivity index (χ4n) is 6.73. The van der Waals surface area contributed by atoms with Crippen molar-refractivity contribution in [3.8, 4) is 23.2 Å². The number of hydrogen-bond donors (Lipinski definition) is 2. The molecule has 2 aromatic carbocycles. The van der Waals surface area contributed by atoms with Crippen LogP contribution in [0, 0.1) is 29.9 Å². The Bertz CT molecular complexity index is 2110. The van der Waals surface area contributed by atoms with E-state index in [1.54, 1.807) is 19.2 Å². The molecular formula is C32H28ClF3N8O2S. The quantitative estimate of drug-likeness (QED) is 0.188. The molecule has 242 valence electrons. The Hall–Kier alpha value is -4.45. The number of ether oxygens (including phenoxy) is 1. The van der Waals surface area contributed by atoms with Crippen LogP contribution in [-0.4, -0.2) is 68.5 Å². The van der Waals surface area contributed by atoms with Gasteiger partial charge in [-0.3, -0.25) is 9.69 Å². The summed E-state index contributed by atoms with van der Waals surface area (Å²) < 4.78 is 53.4. The lowest BCUT2D eigenvalue weighted by Gasteiger charge is -2.30. The summed E-state index contributed by atoms with van der Waals surface area (Å²) in [6.07, 6.45) is 2.62. The van der Waals surface area contributed by atoms with Gasteiger partial charge in [-0.05, 0) is 50.1 Å². The highest BCUT2D eigenvalue weighted by Crippen LogP contribution is 2.46. The molecule has 0 saturated carbocycles. The van der Waals surface area contributed by atoms with Crippen molar-refractivity contribution in [3.63, 3.8) is 0 Å². The maximum atomic E-state index is 16.7. The fourth-order valence-corrected chi connectivity index (χ4v) is 7.98. The van der Waals surface area contributed by atoms with E-state index in [1.165, 1.54) is 22.9 Å². The van der Waals surface area contributed by atoms with Gasteiger partial charge >= 0.3 is 6.01 Å². The zero-order valence-electron chi connectivity index (χ0n) is 25.1. The van der Waals surface area contributed by atoms with E-state index in [0.29, 0.717) is 18.7 Å². The molecule has 7 rings (SSSR count). The SMILES string of the molecule is Cc1ccn(C(=O)CCNc2nc(OC[C@@]34CCCN3C[C@H](F)C4)nc3c(F)c(-c4ccc(F)c5sc(N)c(C#N)c45)c(Cl)cc23)n1. The van der Waals surface area contributed by atoms with Crippen LogP contribution in [0.5, 0.6) is 6.01 Å². The Morgan fingerprint density at radius 1 is 1.32 bits per heavy atom. The highest BCUT2D eigenvalue weighted by molar-refractivity contribution is 7.23. The molecule has 15 heteroatoms. The Labute approximate surface area is 275 Å². The highest BCUT2D eigenvalue weighted by atomic mass is 35.5. The number of nitrogens with two attached hydrogens (primary N) is 1. The number of alkyl halides is 1. The number of nitrogens with zero attached hydrogens (tertiary/aromatic N) is 6. The number of anilines is 2. The van der Waals surface area contributed by atoms with Gasteiger partial charge in [-0.25, -0.2) is 17.9 Å². The van der Waals surface area contributed by atoms with Crippen LogP contribution < -0.4 is 15.8 Å². The zero-order chi connectivity index (χ0) is 33.0. The monoisotopic (exact) mass is 680 g/mol. The second kappa shape index (κ2) is 12.0. The molecule has 47 heavy (non-hydrogen) atoms. The standard InChI is InChI=1S/C32H28ClF3N8O2S/c1-16-6-10-44(42-16)23(45)5-8-39-30-19-11-21(33)25(18-3-4-22(35)28-24(18)20(13-37)29(38)47-28)26(36)27(19)40-31(41-30)46-15-32-7-2-9-43(32)14-17(34)12-32/h3-4,6,10-11,17H,2,5,7-9,12,14-15,38H2,1H3,(H,39,40,41)/t17-,32+/m1/s1. The molecular weight excluding hydrogens is 653 g/mol. The Kier molecular flexibility index (Phi) is 7.94. The number of nitriles is 1. The summed E-state index contributed by atoms with van der Waals surface area (Å²) in [6, 6.07) is 7.55. The van der Waals surface area contributed by atoms with E-state index in [4.69, 9.17) is 22.1 Å². The summed E-state index contributed by atoms with van der Waals surface area (Å²) in [5, 5.41) is 17.4. The summed E-state index contributed by atoms with van der Waals surface area (Å²) in [4.78, 5) is 23.7. The summed E-state index contributed by atoms with van der Waals surface area (Å²) in [7, 11) is 0. The molecule has 2 fully saturated rings. The molecule has 0 radical (unpaired) electrons. The Balaban J connectivity index is 1.31. The number of rotatable bonds is 8. The molecule has 10 nitrogen and oxygen atoms in total. The first-order valence-corrected chi connectivity index (χ1v) is 16.2. The molecule has 0 spiro atoms. The minimum atomic E-state index is -0.969. The third-order valence-corrected chi connectivity index (χ3v) is 10.2. The number of aryl methyl sites for hydroxylation is 1. The van der Waals surface area contributed by atoms with Crippen LogP contribution in [-0.2, 0) is 0 Å². The number of halogens is 4. The van der Waals surface area contributed by atoms with Gasteiger partial charge in [-0.15, -0.1) is 11.3 Å². The fraction of sp³-hybridized carbons (Fsp3) is 0.344. The van der Waals surface area contributed by atoms with Crippen molar-refractivity contribution in [2.24, 2.45) is 0 Å². The second-order valence-electron chi connectivity index (χ2n) is 11.9. The largest absolute Gasteiger partial charge is 0.461 e. The average molecular weight is 681 g/mol. The van der Waals surface area contributed by atoms with Crippen molar-refractivity contribution in [1.82, 2.24) is 24.6 Å². The van der Waals surface area contributed by atoms with Crippen molar-refractivity contribution < 1.29 is 22.7 Å². The number of nitrogens with one attached hydrogen (secondary N) is 1. The maximum absolute atomic E-state index is 16.7. The number of carbonyl (C=O) groups is 1. The maximum Gasteiger partial charge on any atom is 0.319 e. The van der Waals surface area contributed by atoms with Crippen LogP contribution in [0.25, 0.3) is 32.1 Å². The van der Waals surface area contributed by atoms with Crippen LogP contribution in [0.3, 0.4) is 0 Å². The van der Waals surface area contributed by atoms with E-state index in [9.17, 15) is 18.8 Å². The van der Waals surface area contributed by atoms with Crippen LogP contribution in [0.1, 0.15) is 41.7 Å². The first-order valence-electron chi connectivity index (χ1n) is 15.0. The molecule has 5 heterocycles. The summed E-state index contributed by atoms with van der Waals surface area (Å²) in [6.45, 7) is 3.09. The number of aromatic nitrogens is 4. The molecule has 0 aliphatic carbocycles. The third kappa shape index (κ3) is 5.42. The topological polar surface area (TPSA) is 135 Å². The van der Waals surface area contributed by atoms with Crippen LogP contribution in [0.15, 0.2) is 30.5 Å². The van der Waals surface area contributed by atoms with Gasteiger partial charge < -0.3 is 15.8 Å². The molecule has 2 aliphatic rings. The second-order valence-corrected chi connectivity index (χ2v) is 13.3. The molecule has 3 aromatic heterocycles. The van der Waals surface area contributed by atoms with Gasteiger partial charge in [0.2, 0.25) is 5.91 Å². The van der Waals surface area contributed by atoms with E-state index in [-0.39, 0.29) is 85.0 Å². The number of nitrogen functional groups attached to an aromatic ring is 1. The molecule has 0 amide bonds. The number of fused-ring (bicyclic) bond motifs is 3. The first-order chi connectivity index (χ1) is 22.6. The number of hydrogen-bond acceptors (Lipinski definition) is 10. The first kappa shape index (κ1) is 31.2. The summed E-state index contributed by atoms with van der Waals surface area (Å²) in [5.41, 5.74) is 6.15. The van der Waals surface area contributed by atoms with Gasteiger partial charge in [0, 0.05) is 48.5 Å². The van der Waals surface area contributed by atoms with Crippen molar-refractivity contribution in [2.45, 2.75) is 44.3 Å². The van der Waals surface area contributed by atoms with Crippen molar-refractivity contribution in [2.75, 3.05) is 37.3 Å². The van der Waals surface area contributed by atoms with E-state index in [1.807, 2.05) is 6.07 Å². The minimum absolute atomic E-state index is 0.0178. The van der Waals surface area contributed by atoms with Gasteiger partial charge in [0.15, 0.2) is 5.82 Å². The molecule has 2 aliphatic heterocycles. The van der Waals surface area contributed by atoms with Gasteiger partial charge in [0.05, 0.1) is 26.5 Å². The predicted octanol–water partition coefficient (Wildman–Crippen LogP) is 6.50. The number of thiophene rings is 1. The molecule has 2 saturated heterocycles. The van der Waals surface area contributed by atoms with E-state index >= 15 is 4.39 Å².